The van der Waals surface area contributed by atoms with Crippen LogP contribution in [0.25, 0.3) is 82.4 Å². The van der Waals surface area contributed by atoms with Crippen molar-refractivity contribution in [3.8, 4) is 16.8 Å². The average Bonchev–Trinajstić information content (AvgIpc) is 3.67. The number of para-hydroxylation sites is 4. The lowest BCUT2D eigenvalue weighted by molar-refractivity contribution is 0.671. The Morgan fingerprint density at radius 2 is 1.23 bits per heavy atom. The standard InChI is InChI=1S/C36H19BN2O/c1-4-13-29-20(8-1)25-17-16-22-23-10-7-11-24-26-18-19-27-21-9-2-6-15-31(21)40-36(27)35(26)39(33(23)24)37-28-12-3-5-14-30(28)38(29)34(25)32(22)37/h1-19H. The van der Waals surface area contributed by atoms with E-state index in [0.29, 0.717) is 0 Å². The summed E-state index contributed by atoms with van der Waals surface area (Å²) >= 11 is 0. The van der Waals surface area contributed by atoms with E-state index in [1.165, 1.54) is 82.1 Å². The lowest BCUT2D eigenvalue weighted by Gasteiger charge is -2.33. The van der Waals surface area contributed by atoms with Crippen LogP contribution in [-0.2, 0) is 0 Å². The molecule has 4 heteroatoms. The number of aromatic nitrogens is 2. The van der Waals surface area contributed by atoms with Crippen LogP contribution in [0.1, 0.15) is 0 Å². The monoisotopic (exact) mass is 506 g/mol. The molecular formula is C36H19BN2O. The Morgan fingerprint density at radius 1 is 0.500 bits per heavy atom. The Bertz CT molecular complexity index is 2610. The van der Waals surface area contributed by atoms with Gasteiger partial charge in [0, 0.05) is 49.1 Å². The molecule has 2 aliphatic rings. The Balaban J connectivity index is 1.44. The van der Waals surface area contributed by atoms with Gasteiger partial charge in [0.25, 0.3) is 0 Å². The van der Waals surface area contributed by atoms with Crippen molar-refractivity contribution in [2.45, 2.75) is 0 Å². The van der Waals surface area contributed by atoms with Gasteiger partial charge in [-0.25, -0.2) is 0 Å². The SMILES string of the molecule is c1ccc2c(c1)B1c3c(ccc4c5ccccc5n-2c34)-c2cccc3c4ccc5c6ccccc6oc5c4n1c23. The smallest absolute Gasteiger partial charge is 0.333 e. The fourth-order valence-corrected chi connectivity index (χ4v) is 8.03. The highest BCUT2D eigenvalue weighted by molar-refractivity contribution is 6.90. The van der Waals surface area contributed by atoms with Crippen LogP contribution in [-0.4, -0.2) is 15.9 Å². The fraction of sp³-hybridized carbons (Fsp3) is 0. The predicted octanol–water partition coefficient (Wildman–Crippen LogP) is 7.74. The number of hydrogen-bond acceptors (Lipinski definition) is 1. The van der Waals surface area contributed by atoms with Gasteiger partial charge >= 0.3 is 6.85 Å². The molecule has 0 saturated carbocycles. The van der Waals surface area contributed by atoms with Gasteiger partial charge in [0.15, 0.2) is 5.58 Å². The van der Waals surface area contributed by atoms with Gasteiger partial charge < -0.3 is 13.5 Å². The third kappa shape index (κ3) is 2.03. The number of fused-ring (bicyclic) bond motifs is 15. The molecule has 40 heavy (non-hydrogen) atoms. The van der Waals surface area contributed by atoms with Crippen molar-refractivity contribution >= 4 is 83.3 Å². The molecule has 9 aromatic rings. The Labute approximate surface area is 228 Å². The molecule has 0 atom stereocenters. The number of benzene rings is 6. The van der Waals surface area contributed by atoms with E-state index in [1.807, 2.05) is 0 Å². The van der Waals surface area contributed by atoms with Crippen molar-refractivity contribution < 1.29 is 4.42 Å². The summed E-state index contributed by atoms with van der Waals surface area (Å²) in [6, 6.07) is 42.3. The summed E-state index contributed by atoms with van der Waals surface area (Å²) < 4.78 is 11.8. The van der Waals surface area contributed by atoms with Gasteiger partial charge in [-0.05, 0) is 40.8 Å². The topological polar surface area (TPSA) is 23.0 Å². The minimum Gasteiger partial charge on any atom is -0.454 e. The second-order valence-corrected chi connectivity index (χ2v) is 11.2. The Hall–Kier alpha value is -5.22. The first-order valence-corrected chi connectivity index (χ1v) is 13.9. The Morgan fingerprint density at radius 3 is 2.20 bits per heavy atom. The second kappa shape index (κ2) is 6.49. The molecule has 0 fully saturated rings. The van der Waals surface area contributed by atoms with Crippen molar-refractivity contribution in [3.05, 3.63) is 115 Å². The number of hydrogen-bond donors (Lipinski definition) is 0. The van der Waals surface area contributed by atoms with E-state index in [-0.39, 0.29) is 6.85 Å². The zero-order chi connectivity index (χ0) is 25.7. The summed E-state index contributed by atoms with van der Waals surface area (Å²) in [6.45, 7) is 0.0421. The molecule has 0 radical (unpaired) electrons. The maximum absolute atomic E-state index is 6.70. The number of furan rings is 1. The summed E-state index contributed by atoms with van der Waals surface area (Å²) in [5.74, 6) is 0. The van der Waals surface area contributed by atoms with E-state index < -0.39 is 0 Å². The van der Waals surface area contributed by atoms with Crippen LogP contribution in [0.3, 0.4) is 0 Å². The van der Waals surface area contributed by atoms with Gasteiger partial charge in [-0.3, -0.25) is 0 Å². The highest BCUT2D eigenvalue weighted by Crippen LogP contribution is 2.45. The summed E-state index contributed by atoms with van der Waals surface area (Å²) in [5.41, 5.74) is 13.6. The van der Waals surface area contributed by atoms with Crippen molar-refractivity contribution in [2.24, 2.45) is 0 Å². The molecule has 0 amide bonds. The summed E-state index contributed by atoms with van der Waals surface area (Å²) in [7, 11) is 0. The first-order valence-electron chi connectivity index (χ1n) is 13.9. The van der Waals surface area contributed by atoms with Gasteiger partial charge in [0.1, 0.15) is 5.58 Å². The lowest BCUT2D eigenvalue weighted by atomic mass is 9.45. The molecule has 5 heterocycles. The summed E-state index contributed by atoms with van der Waals surface area (Å²) in [4.78, 5) is 0. The van der Waals surface area contributed by atoms with Crippen molar-refractivity contribution in [3.63, 3.8) is 0 Å². The minimum atomic E-state index is 0.0421. The molecule has 2 aliphatic heterocycles. The number of rotatable bonds is 0. The molecule has 6 aromatic carbocycles. The van der Waals surface area contributed by atoms with Crippen LogP contribution < -0.4 is 10.9 Å². The first-order chi connectivity index (χ1) is 19.9. The quantitative estimate of drug-likeness (QED) is 0.193. The molecule has 0 saturated heterocycles. The van der Waals surface area contributed by atoms with Gasteiger partial charge in [-0.1, -0.05) is 91.0 Å². The van der Waals surface area contributed by atoms with Crippen LogP contribution in [0.4, 0.5) is 0 Å². The van der Waals surface area contributed by atoms with Crippen molar-refractivity contribution in [2.75, 3.05) is 0 Å². The second-order valence-electron chi connectivity index (χ2n) is 11.2. The highest BCUT2D eigenvalue weighted by Gasteiger charge is 2.41. The van der Waals surface area contributed by atoms with Crippen LogP contribution in [0.5, 0.6) is 0 Å². The van der Waals surface area contributed by atoms with E-state index in [4.69, 9.17) is 4.42 Å². The molecule has 0 aliphatic carbocycles. The van der Waals surface area contributed by atoms with Gasteiger partial charge in [-0.2, -0.15) is 0 Å². The largest absolute Gasteiger partial charge is 0.454 e. The van der Waals surface area contributed by atoms with Gasteiger partial charge in [0.05, 0.1) is 16.6 Å². The van der Waals surface area contributed by atoms with Crippen LogP contribution >= 0.6 is 0 Å². The maximum Gasteiger partial charge on any atom is 0.333 e. The van der Waals surface area contributed by atoms with Crippen molar-refractivity contribution in [1.82, 2.24) is 9.05 Å². The zero-order valence-electron chi connectivity index (χ0n) is 21.3. The third-order valence-corrected chi connectivity index (χ3v) is 9.50. The number of nitrogens with zero attached hydrogens (tertiary/aromatic N) is 2. The maximum atomic E-state index is 6.70. The molecule has 0 bridgehead atoms. The van der Waals surface area contributed by atoms with E-state index in [1.54, 1.807) is 0 Å². The minimum absolute atomic E-state index is 0.0421. The molecular weight excluding hydrogens is 487 g/mol. The molecule has 0 unspecified atom stereocenters. The molecule has 0 N–H and O–H groups in total. The molecule has 3 nitrogen and oxygen atoms in total. The third-order valence-electron chi connectivity index (χ3n) is 9.50. The van der Waals surface area contributed by atoms with E-state index >= 15 is 0 Å². The fourth-order valence-electron chi connectivity index (χ4n) is 8.03. The first kappa shape index (κ1) is 19.8. The molecule has 3 aromatic heterocycles. The van der Waals surface area contributed by atoms with Crippen molar-refractivity contribution in [1.29, 1.82) is 0 Å². The molecule has 11 rings (SSSR count). The van der Waals surface area contributed by atoms with E-state index in [2.05, 4.69) is 124 Å². The predicted molar refractivity (Wildman–Crippen MR) is 167 cm³/mol. The van der Waals surface area contributed by atoms with E-state index in [0.717, 1.165) is 11.2 Å². The molecule has 0 spiro atoms. The van der Waals surface area contributed by atoms with E-state index in [9.17, 15) is 0 Å². The molecule has 182 valence electrons. The normalized spacial score (nSPS) is 13.4. The average molecular weight is 506 g/mol. The zero-order valence-corrected chi connectivity index (χ0v) is 21.3. The Kier molecular flexibility index (Phi) is 3.21. The van der Waals surface area contributed by atoms with Crippen LogP contribution in [0, 0.1) is 0 Å². The summed E-state index contributed by atoms with van der Waals surface area (Å²) in [5, 5.41) is 7.48. The van der Waals surface area contributed by atoms with Crippen LogP contribution in [0.15, 0.2) is 120 Å². The van der Waals surface area contributed by atoms with Gasteiger partial charge in [-0.15, -0.1) is 0 Å². The van der Waals surface area contributed by atoms with Crippen LogP contribution in [0.2, 0.25) is 0 Å². The highest BCUT2D eigenvalue weighted by atomic mass is 16.3. The summed E-state index contributed by atoms with van der Waals surface area (Å²) in [6.07, 6.45) is 0. The lowest BCUT2D eigenvalue weighted by Crippen LogP contribution is -2.55. The van der Waals surface area contributed by atoms with Gasteiger partial charge in [0.2, 0.25) is 0 Å².